The van der Waals surface area contributed by atoms with Crippen molar-refractivity contribution in [1.82, 2.24) is 0 Å². The summed E-state index contributed by atoms with van der Waals surface area (Å²) in [5, 5.41) is 29.9. The van der Waals surface area contributed by atoms with Gasteiger partial charge >= 0.3 is 5.97 Å². The van der Waals surface area contributed by atoms with Crippen LogP contribution >= 0.6 is 0 Å². The van der Waals surface area contributed by atoms with Gasteiger partial charge < -0.3 is 24.8 Å². The summed E-state index contributed by atoms with van der Waals surface area (Å²) in [5.74, 6) is -6.19. The van der Waals surface area contributed by atoms with E-state index in [0.717, 1.165) is 22.6 Å². The van der Waals surface area contributed by atoms with Gasteiger partial charge in [0.05, 0.1) is 31.7 Å². The van der Waals surface area contributed by atoms with Crippen LogP contribution < -0.4 is 14.4 Å². The van der Waals surface area contributed by atoms with E-state index in [1.165, 1.54) is 26.4 Å². The Morgan fingerprint density at radius 2 is 1.67 bits per heavy atom. The highest BCUT2D eigenvalue weighted by Gasteiger charge is 2.56. The topological polar surface area (TPSA) is 168 Å². The SMILES string of the molecule is COc1cc(C=C[C@H]2C3=CC[C@@H]4C(=O)N(c5ccc(C(=O)O)c(O)c5)C(=O)[C@@H]4[C@@H]3CC3=C2C(=O)C(C)=CC3=O)cc(OC)c1O. The predicted octanol–water partition coefficient (Wildman–Crippen LogP) is 3.99. The first-order valence-corrected chi connectivity index (χ1v) is 14.2. The fourth-order valence-electron chi connectivity index (χ4n) is 6.95. The van der Waals surface area contributed by atoms with Crippen LogP contribution in [0.2, 0.25) is 0 Å². The molecule has 0 unspecified atom stereocenters. The number of carboxylic acids is 1. The highest BCUT2D eigenvalue weighted by molar-refractivity contribution is 6.25. The minimum Gasteiger partial charge on any atom is -0.507 e. The maximum absolute atomic E-state index is 14.0. The Kier molecular flexibility index (Phi) is 7.19. The number of allylic oxidation sites excluding steroid dienone is 7. The number of carboxylic acid groups (broad SMARTS) is 1. The van der Waals surface area contributed by atoms with Gasteiger partial charge in [-0.1, -0.05) is 23.8 Å². The summed E-state index contributed by atoms with van der Waals surface area (Å²) in [6.45, 7) is 1.58. The lowest BCUT2D eigenvalue weighted by molar-refractivity contribution is -0.123. The standard InChI is InChI=1S/C34H29NO10/c1-15-10-24(36)23-14-22-18(19(28(23)30(15)38)6-4-16-11-26(44-2)31(39)27(12-16)45-3)8-9-21-29(22)33(41)35(32(21)40)17-5-7-20(34(42)43)25(37)13-17/h4-8,10-13,19,21-22,29,37,39H,9,14H2,1-3H3,(H,42,43)/t19-,21-,22+,29-/m0/s1. The number of aromatic hydroxyl groups is 2. The van der Waals surface area contributed by atoms with Crippen molar-refractivity contribution in [3.05, 3.63) is 82.0 Å². The zero-order chi connectivity index (χ0) is 32.3. The number of phenols is 2. The first-order chi connectivity index (χ1) is 21.5. The van der Waals surface area contributed by atoms with Gasteiger partial charge in [-0.2, -0.15) is 0 Å². The third kappa shape index (κ3) is 4.62. The fourth-order valence-corrected chi connectivity index (χ4v) is 6.95. The molecule has 11 nitrogen and oxygen atoms in total. The molecule has 3 aliphatic carbocycles. The molecule has 1 heterocycles. The number of carbonyl (C=O) groups is 5. The number of Topliss-reactive ketones (excluding diaryl/α,β-unsaturated/α-hetero) is 1. The number of amides is 2. The maximum atomic E-state index is 14.0. The Morgan fingerprint density at radius 3 is 2.29 bits per heavy atom. The molecule has 3 N–H and O–H groups in total. The molecule has 230 valence electrons. The molecule has 1 aliphatic heterocycles. The van der Waals surface area contributed by atoms with Crippen molar-refractivity contribution in [2.75, 3.05) is 19.1 Å². The molecule has 2 aromatic carbocycles. The Bertz CT molecular complexity index is 1820. The predicted molar refractivity (Wildman–Crippen MR) is 160 cm³/mol. The number of aromatic carboxylic acids is 1. The summed E-state index contributed by atoms with van der Waals surface area (Å²) in [6, 6.07) is 6.70. The normalized spacial score (nSPS) is 24.3. The van der Waals surface area contributed by atoms with Crippen LogP contribution in [0.3, 0.4) is 0 Å². The lowest BCUT2D eigenvalue weighted by Crippen LogP contribution is -2.40. The van der Waals surface area contributed by atoms with E-state index in [-0.39, 0.29) is 52.9 Å². The number of hydrogen-bond donors (Lipinski definition) is 3. The molecule has 2 amide bonds. The maximum Gasteiger partial charge on any atom is 0.339 e. The quantitative estimate of drug-likeness (QED) is 0.247. The summed E-state index contributed by atoms with van der Waals surface area (Å²) >= 11 is 0. The van der Waals surface area contributed by atoms with Crippen molar-refractivity contribution in [2.45, 2.75) is 19.8 Å². The van der Waals surface area contributed by atoms with Crippen molar-refractivity contribution in [2.24, 2.45) is 23.7 Å². The summed E-state index contributed by atoms with van der Waals surface area (Å²) in [6.07, 6.45) is 6.96. The molecule has 0 spiro atoms. The van der Waals surface area contributed by atoms with E-state index in [1.807, 2.05) is 6.08 Å². The number of rotatable bonds is 6. The van der Waals surface area contributed by atoms with Crippen LogP contribution in [0.1, 0.15) is 35.7 Å². The molecular weight excluding hydrogens is 582 g/mol. The number of methoxy groups -OCH3 is 2. The van der Waals surface area contributed by atoms with Gasteiger partial charge in [0.25, 0.3) is 0 Å². The van der Waals surface area contributed by atoms with Crippen LogP contribution in [-0.2, 0) is 19.2 Å². The number of imide groups is 1. The van der Waals surface area contributed by atoms with Crippen molar-refractivity contribution in [3.63, 3.8) is 0 Å². The average Bonchev–Trinajstić information content (AvgIpc) is 3.27. The second kappa shape index (κ2) is 10.9. The first kappa shape index (κ1) is 29.6. The second-order valence-electron chi connectivity index (χ2n) is 11.4. The Hall–Kier alpha value is -5.45. The number of benzene rings is 2. The van der Waals surface area contributed by atoms with Crippen molar-refractivity contribution >= 4 is 41.1 Å². The smallest absolute Gasteiger partial charge is 0.339 e. The fraction of sp³-hybridized carbons (Fsp3) is 0.265. The number of ketones is 2. The number of hydrogen-bond acceptors (Lipinski definition) is 9. The number of fused-ring (bicyclic) bond motifs is 3. The van der Waals surface area contributed by atoms with Gasteiger partial charge in [0.1, 0.15) is 11.3 Å². The highest BCUT2D eigenvalue weighted by Crippen LogP contribution is 2.53. The molecule has 4 atom stereocenters. The van der Waals surface area contributed by atoms with Gasteiger partial charge in [0.15, 0.2) is 23.1 Å². The van der Waals surface area contributed by atoms with Crippen LogP contribution in [0.5, 0.6) is 23.0 Å². The van der Waals surface area contributed by atoms with E-state index < -0.39 is 47.2 Å². The van der Waals surface area contributed by atoms with Gasteiger partial charge in [0, 0.05) is 28.7 Å². The Balaban J connectivity index is 1.42. The first-order valence-electron chi connectivity index (χ1n) is 14.2. The van der Waals surface area contributed by atoms with E-state index >= 15 is 0 Å². The molecule has 11 heteroatoms. The Labute approximate surface area is 257 Å². The van der Waals surface area contributed by atoms with Gasteiger partial charge in [-0.05, 0) is 61.6 Å². The van der Waals surface area contributed by atoms with E-state index in [9.17, 15) is 39.3 Å². The number of phenolic OH excluding ortho intramolecular Hbond substituents is 1. The van der Waals surface area contributed by atoms with E-state index in [4.69, 9.17) is 9.47 Å². The molecule has 0 bridgehead atoms. The average molecular weight is 612 g/mol. The molecule has 4 aliphatic rings. The highest BCUT2D eigenvalue weighted by atomic mass is 16.5. The van der Waals surface area contributed by atoms with Crippen molar-refractivity contribution in [3.8, 4) is 23.0 Å². The van der Waals surface area contributed by atoms with Gasteiger partial charge in [-0.3, -0.25) is 19.2 Å². The zero-order valence-electron chi connectivity index (χ0n) is 24.6. The second-order valence-corrected chi connectivity index (χ2v) is 11.4. The largest absolute Gasteiger partial charge is 0.507 e. The summed E-state index contributed by atoms with van der Waals surface area (Å²) in [4.78, 5) is 66.8. The summed E-state index contributed by atoms with van der Waals surface area (Å²) in [5.41, 5.74) is 1.95. The molecule has 0 radical (unpaired) electrons. The number of ether oxygens (including phenoxy) is 2. The monoisotopic (exact) mass is 611 g/mol. The molecule has 0 saturated carbocycles. The molecule has 1 fully saturated rings. The minimum atomic E-state index is -1.36. The summed E-state index contributed by atoms with van der Waals surface area (Å²) in [7, 11) is 2.81. The van der Waals surface area contributed by atoms with Crippen molar-refractivity contribution < 1.29 is 48.8 Å². The zero-order valence-corrected chi connectivity index (χ0v) is 24.6. The Morgan fingerprint density at radius 1 is 0.978 bits per heavy atom. The number of nitrogens with zero attached hydrogens (tertiary/aromatic N) is 1. The third-order valence-corrected chi connectivity index (χ3v) is 9.07. The molecule has 0 aromatic heterocycles. The van der Waals surface area contributed by atoms with E-state index in [1.54, 1.807) is 31.2 Å². The van der Waals surface area contributed by atoms with Crippen LogP contribution in [0, 0.1) is 23.7 Å². The molecule has 6 rings (SSSR count). The number of carbonyl (C=O) groups excluding carboxylic acids is 4. The molecular formula is C34H29NO10. The van der Waals surface area contributed by atoms with Gasteiger partial charge in [-0.25, -0.2) is 9.69 Å². The lowest BCUT2D eigenvalue weighted by Gasteiger charge is -2.41. The van der Waals surface area contributed by atoms with Gasteiger partial charge in [0.2, 0.25) is 17.6 Å². The van der Waals surface area contributed by atoms with E-state index in [2.05, 4.69) is 0 Å². The third-order valence-electron chi connectivity index (χ3n) is 9.07. The van der Waals surface area contributed by atoms with Crippen LogP contribution in [0.25, 0.3) is 6.08 Å². The minimum absolute atomic E-state index is 0.0494. The molecule has 1 saturated heterocycles. The van der Waals surface area contributed by atoms with E-state index in [0.29, 0.717) is 22.3 Å². The van der Waals surface area contributed by atoms with Gasteiger partial charge in [-0.15, -0.1) is 0 Å². The van der Waals surface area contributed by atoms with Crippen LogP contribution in [0.4, 0.5) is 5.69 Å². The molecule has 2 aromatic rings. The molecule has 45 heavy (non-hydrogen) atoms. The van der Waals surface area contributed by atoms with Crippen molar-refractivity contribution in [1.29, 1.82) is 0 Å². The summed E-state index contributed by atoms with van der Waals surface area (Å²) < 4.78 is 10.5. The number of anilines is 1. The van der Waals surface area contributed by atoms with Crippen LogP contribution in [0.15, 0.2) is 70.9 Å². The van der Waals surface area contributed by atoms with Crippen LogP contribution in [-0.4, -0.2) is 58.9 Å². The lowest BCUT2D eigenvalue weighted by atomic mass is 9.60.